The van der Waals surface area contributed by atoms with Crippen molar-refractivity contribution >= 4 is 0 Å². The maximum atomic E-state index is 13.2. The van der Waals surface area contributed by atoms with Crippen LogP contribution in [0.4, 0.5) is 39.5 Å². The number of aromatic nitrogens is 14. The van der Waals surface area contributed by atoms with Gasteiger partial charge in [-0.3, -0.25) is 14.4 Å². The van der Waals surface area contributed by atoms with Gasteiger partial charge in [0.1, 0.15) is 37.2 Å². The topological polar surface area (TPSA) is 275 Å². The maximum Gasteiger partial charge on any atom is 0.422 e. The summed E-state index contributed by atoms with van der Waals surface area (Å²) >= 11 is 0. The predicted molar refractivity (Wildman–Crippen MR) is 267 cm³/mol. The molecule has 0 aliphatic carbocycles. The highest BCUT2D eigenvalue weighted by molar-refractivity contribution is 5.59. The van der Waals surface area contributed by atoms with Crippen molar-refractivity contribution < 1.29 is 67.3 Å². The van der Waals surface area contributed by atoms with Crippen LogP contribution in [0, 0.1) is 6.92 Å². The lowest BCUT2D eigenvalue weighted by molar-refractivity contribution is -0.155. The SMILES string of the molecule is CC(F)c1cc(Cn2nc(-c3cnc(OCC(F)(F)F)nc3)ccc2=O)on1.Cc1cc(Cn2nc(-c3ccc(OC(F)F)nc3)ccc2=O)on1.O=c1ccc(-c2cnc(OCC(F)(F)F)nc2)nn1Cc1cc(-c2ccccc2)no1. The number of hydrogen-bond donors (Lipinski definition) is 0. The van der Waals surface area contributed by atoms with E-state index in [2.05, 4.69) is 69.9 Å². The molecule has 83 heavy (non-hydrogen) atoms. The number of nitrogens with zero attached hydrogens (tertiary/aromatic N) is 14. The number of halogens is 9. The number of ether oxygens (including phenoxy) is 3. The molecule has 0 N–H and O–H groups in total. The summed E-state index contributed by atoms with van der Waals surface area (Å²) in [6, 6.07) is 24.5. The van der Waals surface area contributed by atoms with Crippen LogP contribution in [0.1, 0.15) is 41.8 Å². The zero-order valence-corrected chi connectivity index (χ0v) is 42.7. The summed E-state index contributed by atoms with van der Waals surface area (Å²) in [6.07, 6.45) is -4.01. The standard InChI is InChI=1S/C20H14F3N5O3.C16H13F4N5O3.C15H12F2N4O3/c21-20(22,23)12-30-19-24-9-14(10-25-19)16-6-7-18(29)28(26-16)11-15-8-17(27-31-15)13-4-2-1-3-5-13;1-9(17)13-4-11(28-24-13)7-25-14(26)3-2-12(23-25)10-5-21-15(22-6-10)27-8-16(18,19)20;1-9-6-11(24-20-9)8-21-14(22)5-3-12(19-21)10-2-4-13(18-7-10)23-15(16)17/h1-10H,11-12H2;2-6,9H,7-8H2,1H3;2-7,15H,8H2,1H3. The Morgan fingerprint density at radius 3 is 1.36 bits per heavy atom. The fourth-order valence-electron chi connectivity index (χ4n) is 6.84. The molecule has 0 spiro atoms. The minimum absolute atomic E-state index is 0.0418. The van der Waals surface area contributed by atoms with Crippen LogP contribution in [0.2, 0.25) is 0 Å². The fraction of sp³-hybridized carbons (Fsp3) is 0.216. The molecule has 430 valence electrons. The minimum atomic E-state index is -4.50. The van der Waals surface area contributed by atoms with E-state index in [1.54, 1.807) is 19.1 Å². The number of rotatable bonds is 17. The normalized spacial score (nSPS) is 11.8. The van der Waals surface area contributed by atoms with Gasteiger partial charge in [-0.25, -0.2) is 43.4 Å². The van der Waals surface area contributed by atoms with E-state index in [-0.39, 0.29) is 48.1 Å². The molecule has 1 aromatic carbocycles. The minimum Gasteiger partial charge on any atom is -0.454 e. The molecule has 9 aromatic heterocycles. The zero-order chi connectivity index (χ0) is 59.3. The third-order valence-electron chi connectivity index (χ3n) is 10.6. The van der Waals surface area contributed by atoms with Gasteiger partial charge in [-0.2, -0.15) is 50.4 Å². The molecule has 9 heterocycles. The summed E-state index contributed by atoms with van der Waals surface area (Å²) in [4.78, 5) is 54.7. The van der Waals surface area contributed by atoms with Gasteiger partial charge in [-0.1, -0.05) is 45.8 Å². The van der Waals surface area contributed by atoms with Gasteiger partial charge in [0, 0.05) is 95.7 Å². The lowest BCUT2D eigenvalue weighted by atomic mass is 10.1. The van der Waals surface area contributed by atoms with Crippen LogP contribution in [0.25, 0.3) is 45.0 Å². The van der Waals surface area contributed by atoms with Gasteiger partial charge in [-0.15, -0.1) is 0 Å². The monoisotopic (exact) mass is 1160 g/mol. The molecule has 0 aliphatic heterocycles. The van der Waals surface area contributed by atoms with Crippen LogP contribution in [-0.2, 0) is 19.6 Å². The Kier molecular flexibility index (Phi) is 18.6. The zero-order valence-electron chi connectivity index (χ0n) is 42.7. The van der Waals surface area contributed by atoms with Crippen molar-refractivity contribution in [3.05, 3.63) is 188 Å². The molecule has 0 aliphatic rings. The van der Waals surface area contributed by atoms with Gasteiger partial charge < -0.3 is 27.8 Å². The van der Waals surface area contributed by atoms with Gasteiger partial charge >= 0.3 is 31.0 Å². The van der Waals surface area contributed by atoms with Gasteiger partial charge in [0.2, 0.25) is 5.88 Å². The van der Waals surface area contributed by atoms with Gasteiger partial charge in [0.15, 0.2) is 30.5 Å². The highest BCUT2D eigenvalue weighted by Gasteiger charge is 2.30. The molecule has 23 nitrogen and oxygen atoms in total. The Morgan fingerprint density at radius 2 is 0.940 bits per heavy atom. The van der Waals surface area contributed by atoms with E-state index in [4.69, 9.17) is 13.6 Å². The molecule has 0 radical (unpaired) electrons. The van der Waals surface area contributed by atoms with E-state index < -0.39 is 55.9 Å². The van der Waals surface area contributed by atoms with Crippen molar-refractivity contribution in [3.63, 3.8) is 0 Å². The first-order valence-corrected chi connectivity index (χ1v) is 23.8. The first-order chi connectivity index (χ1) is 39.6. The van der Waals surface area contributed by atoms with Crippen LogP contribution in [0.3, 0.4) is 0 Å². The molecule has 10 rings (SSSR count). The fourth-order valence-corrected chi connectivity index (χ4v) is 6.84. The molecule has 0 bridgehead atoms. The van der Waals surface area contributed by atoms with Gasteiger partial charge in [-0.05, 0) is 38.1 Å². The lowest BCUT2D eigenvalue weighted by Crippen LogP contribution is -2.22. The van der Waals surface area contributed by atoms with Gasteiger partial charge in [0.25, 0.3) is 16.7 Å². The van der Waals surface area contributed by atoms with Crippen LogP contribution in [0.5, 0.6) is 17.9 Å². The first kappa shape index (κ1) is 58.7. The van der Waals surface area contributed by atoms with E-state index in [9.17, 15) is 53.9 Å². The second kappa shape index (κ2) is 26.2. The number of pyridine rings is 1. The maximum absolute atomic E-state index is 13.2. The molecule has 32 heteroatoms. The molecule has 0 amide bonds. The van der Waals surface area contributed by atoms with Crippen molar-refractivity contribution in [2.24, 2.45) is 0 Å². The summed E-state index contributed by atoms with van der Waals surface area (Å²) < 4.78 is 142. The largest absolute Gasteiger partial charge is 0.454 e. The molecular weight excluding hydrogens is 1120 g/mol. The quantitative estimate of drug-likeness (QED) is 0.0775. The van der Waals surface area contributed by atoms with Crippen LogP contribution < -0.4 is 30.9 Å². The number of benzene rings is 1. The van der Waals surface area contributed by atoms with Crippen molar-refractivity contribution in [1.29, 1.82) is 0 Å². The Morgan fingerprint density at radius 1 is 0.494 bits per heavy atom. The van der Waals surface area contributed by atoms with Crippen molar-refractivity contribution in [1.82, 2.24) is 69.7 Å². The van der Waals surface area contributed by atoms with Crippen LogP contribution >= 0.6 is 0 Å². The molecule has 0 fully saturated rings. The second-order valence-corrected chi connectivity index (χ2v) is 17.0. The van der Waals surface area contributed by atoms with Crippen molar-refractivity contribution in [2.75, 3.05) is 13.2 Å². The Balaban J connectivity index is 0.000000164. The van der Waals surface area contributed by atoms with Crippen LogP contribution in [-0.4, -0.2) is 102 Å². The average molecular weight is 1160 g/mol. The van der Waals surface area contributed by atoms with E-state index in [0.717, 1.165) is 10.2 Å². The average Bonchev–Trinajstić information content (AvgIpc) is 4.43. The lowest BCUT2D eigenvalue weighted by Gasteiger charge is -2.08. The third-order valence-corrected chi connectivity index (χ3v) is 10.6. The smallest absolute Gasteiger partial charge is 0.422 e. The van der Waals surface area contributed by atoms with E-state index in [1.165, 1.54) is 102 Å². The Hall–Kier alpha value is -10.4. The molecule has 10 aromatic rings. The van der Waals surface area contributed by atoms with Crippen molar-refractivity contribution in [3.8, 4) is 62.9 Å². The highest BCUT2D eigenvalue weighted by atomic mass is 19.4. The number of hydrogen-bond acceptors (Lipinski definition) is 20. The van der Waals surface area contributed by atoms with E-state index in [1.807, 2.05) is 30.3 Å². The molecule has 1 unspecified atom stereocenters. The summed E-state index contributed by atoms with van der Waals surface area (Å²) in [5.41, 5.74) is 3.59. The molecule has 0 saturated heterocycles. The Bertz CT molecular complexity index is 3910. The second-order valence-electron chi connectivity index (χ2n) is 17.0. The van der Waals surface area contributed by atoms with Crippen molar-refractivity contribution in [2.45, 2.75) is 58.6 Å². The van der Waals surface area contributed by atoms with E-state index in [0.29, 0.717) is 56.7 Å². The molecule has 1 atom stereocenters. The third kappa shape index (κ3) is 17.3. The molecule has 0 saturated carbocycles. The summed E-state index contributed by atoms with van der Waals surface area (Å²) in [6.45, 7) is -2.77. The highest BCUT2D eigenvalue weighted by Crippen LogP contribution is 2.24. The summed E-state index contributed by atoms with van der Waals surface area (Å²) in [5, 5.41) is 23.9. The summed E-state index contributed by atoms with van der Waals surface area (Å²) in [7, 11) is 0. The first-order valence-electron chi connectivity index (χ1n) is 23.8. The molecular formula is C51H39F9N14O9. The van der Waals surface area contributed by atoms with Crippen LogP contribution in [0.15, 0.2) is 156 Å². The van der Waals surface area contributed by atoms with Gasteiger partial charge in [0.05, 0.1) is 22.8 Å². The Labute approximate surface area is 458 Å². The number of alkyl halides is 9. The van der Waals surface area contributed by atoms with E-state index >= 15 is 0 Å². The predicted octanol–water partition coefficient (Wildman–Crippen LogP) is 8.30. The summed E-state index contributed by atoms with van der Waals surface area (Å²) in [5.74, 6) is 0.966. The number of aryl methyl sites for hydroxylation is 1.